The average Bonchev–Trinajstić information content (AvgIpc) is 0.722. The van der Waals surface area contributed by atoms with Gasteiger partial charge in [-0.25, -0.2) is 4.57 Å². The molecule has 0 heterocycles. The summed E-state index contributed by atoms with van der Waals surface area (Å²) >= 11 is 0. The molecule has 0 bridgehead atoms. The van der Waals surface area contributed by atoms with Crippen molar-refractivity contribution in [3.63, 3.8) is 0 Å². The summed E-state index contributed by atoms with van der Waals surface area (Å²) in [5, 5.41) is 0. The Morgan fingerprint density at radius 3 is 0.800 bits per heavy atom. The van der Waals surface area contributed by atoms with Gasteiger partial charge in [0.15, 0.2) is 0 Å². The van der Waals surface area contributed by atoms with Gasteiger partial charge in [0, 0.05) is 0 Å². The van der Waals surface area contributed by atoms with Crippen LogP contribution in [0.1, 0.15) is 0 Å². The summed E-state index contributed by atoms with van der Waals surface area (Å²) in [6, 6.07) is 0. The van der Waals surface area contributed by atoms with Crippen LogP contribution in [-0.2, 0) is 4.57 Å². The van der Waals surface area contributed by atoms with Crippen molar-refractivity contribution in [2.24, 2.45) is 0 Å². The summed E-state index contributed by atoms with van der Waals surface area (Å²) in [7, 11) is -4.64. The Morgan fingerprint density at radius 2 is 0.800 bits per heavy atom. The van der Waals surface area contributed by atoms with Crippen molar-refractivity contribution in [3.05, 3.63) is 0 Å². The quantitative estimate of drug-likeness (QED) is 0.301. The number of hydrogen-bond donors (Lipinski definition) is 3. The molecule has 0 amide bonds. The third-order valence-electron chi connectivity index (χ3n) is 0. The fourth-order valence-corrected chi connectivity index (χ4v) is 0. The molecule has 0 aliphatic rings. The van der Waals surface area contributed by atoms with Crippen LogP contribution in [0.15, 0.2) is 0 Å². The van der Waals surface area contributed by atoms with E-state index in [0.29, 0.717) is 0 Å². The van der Waals surface area contributed by atoms with Gasteiger partial charge in [0.2, 0.25) is 0 Å². The van der Waals surface area contributed by atoms with E-state index in [1.165, 1.54) is 0 Å². The van der Waals surface area contributed by atoms with Crippen molar-refractivity contribution < 1.29 is 19.2 Å². The normalized spacial score (nSPS) is 5.90. The average molecular weight is 250 g/mol. The first kappa shape index (κ1) is 36.0. The molecule has 42 valence electrons. The molecule has 0 aliphatic carbocycles. The van der Waals surface area contributed by atoms with Crippen LogP contribution in [0.25, 0.3) is 0 Å². The molecule has 0 aliphatic heterocycles. The summed E-state index contributed by atoms with van der Waals surface area (Å²) in [6.45, 7) is 0. The van der Waals surface area contributed by atoms with Gasteiger partial charge >= 0.3 is 199 Å². The Balaban J connectivity index is -0.00000000800. The minimum atomic E-state index is -4.64. The van der Waals surface area contributed by atoms with Gasteiger partial charge < -0.3 is 14.7 Å². The molecule has 0 aromatic carbocycles. The van der Waals surface area contributed by atoms with E-state index in [-0.39, 0.29) is 191 Å². The third-order valence-corrected chi connectivity index (χ3v) is 0. The van der Waals surface area contributed by atoms with Gasteiger partial charge in [-0.1, -0.05) is 0 Å². The zero-order valence-corrected chi connectivity index (χ0v) is 3.09. The second-order valence-electron chi connectivity index (χ2n) is 0.513. The summed E-state index contributed by atoms with van der Waals surface area (Å²) in [6.07, 6.45) is 0. The maximum atomic E-state index is 8.88. The molecule has 10 heavy (non-hydrogen) atoms. The van der Waals surface area contributed by atoms with E-state index in [4.69, 9.17) is 19.2 Å². The van der Waals surface area contributed by atoms with Crippen LogP contribution in [0.3, 0.4) is 0 Å². The molecule has 0 atom stereocenters. The van der Waals surface area contributed by atoms with Gasteiger partial charge in [0.05, 0.1) is 0 Å². The molecule has 10 heteroatoms. The summed E-state index contributed by atoms with van der Waals surface area (Å²) in [5.74, 6) is 0. The van der Waals surface area contributed by atoms with Gasteiger partial charge in [-0.05, 0) is 0 Å². The Kier molecular flexibility index (Phi) is 74.6. The second kappa shape index (κ2) is 20.8. The summed E-state index contributed by atoms with van der Waals surface area (Å²) in [4.78, 5) is 21.6. The number of hydrogen-bond acceptors (Lipinski definition) is 1. The van der Waals surface area contributed by atoms with Crippen molar-refractivity contribution in [1.29, 1.82) is 0 Å². The van der Waals surface area contributed by atoms with E-state index >= 15 is 0 Å². The van der Waals surface area contributed by atoms with E-state index in [2.05, 4.69) is 0 Å². The van der Waals surface area contributed by atoms with Gasteiger partial charge in [-0.15, -0.1) is 0 Å². The SMILES string of the molecule is O=P(O)(O)O.[KH].[KH].[NaH].[NaH].[NaH]. The molecule has 0 unspecified atom stereocenters. The summed E-state index contributed by atoms with van der Waals surface area (Å²) in [5.41, 5.74) is 0. The zero-order valence-electron chi connectivity index (χ0n) is 2.20. The van der Waals surface area contributed by atoms with Crippen LogP contribution < -0.4 is 0 Å². The Hall–Kier alpha value is 6.38. The molecular weight excluding hydrogens is 242 g/mol. The zero-order chi connectivity index (χ0) is 4.50. The second-order valence-corrected chi connectivity index (χ2v) is 1.54. The van der Waals surface area contributed by atoms with E-state index in [1.807, 2.05) is 0 Å². The predicted octanol–water partition coefficient (Wildman–Crippen LogP) is -4.17. The van der Waals surface area contributed by atoms with E-state index in [1.54, 1.807) is 0 Å². The van der Waals surface area contributed by atoms with Gasteiger partial charge in [-0.3, -0.25) is 0 Å². The first-order chi connectivity index (χ1) is 2.00. The maximum absolute atomic E-state index is 8.88. The molecule has 0 aromatic rings. The van der Waals surface area contributed by atoms with E-state index < -0.39 is 7.82 Å². The fourth-order valence-electron chi connectivity index (χ4n) is 0. The summed E-state index contributed by atoms with van der Waals surface area (Å²) < 4.78 is 8.88. The molecule has 4 nitrogen and oxygen atoms in total. The molecule has 0 aromatic heterocycles. The van der Waals surface area contributed by atoms with E-state index in [9.17, 15) is 0 Å². The van der Waals surface area contributed by atoms with Crippen LogP contribution in [0.4, 0.5) is 0 Å². The Labute approximate surface area is 211 Å². The van der Waals surface area contributed by atoms with E-state index in [0.717, 1.165) is 0 Å². The van der Waals surface area contributed by atoms with Gasteiger partial charge in [0.1, 0.15) is 0 Å². The standard InChI is InChI=1S/2K.3Na.H3O4P.5H/c;;;;;1-5(2,3)4;;;;;/h;;;;;(H3,1,2,3,4);;;;;. The van der Waals surface area contributed by atoms with Crippen LogP contribution >= 0.6 is 7.82 Å². The van der Waals surface area contributed by atoms with Crippen LogP contribution in [-0.4, -0.2) is 206 Å². The molecule has 0 radical (unpaired) electrons. The van der Waals surface area contributed by atoms with Crippen molar-refractivity contribution in [3.8, 4) is 0 Å². The molecular formula is H8K2Na3O4P. The third kappa shape index (κ3) is 63.2. The number of phosphoric acid groups is 1. The molecule has 0 rings (SSSR count). The monoisotopic (exact) mass is 250 g/mol. The molecule has 0 saturated heterocycles. The molecule has 0 spiro atoms. The fraction of sp³-hybridized carbons (Fsp3) is 0. The Bertz CT molecular complexity index is 64.6. The van der Waals surface area contributed by atoms with Crippen molar-refractivity contribution in [2.45, 2.75) is 0 Å². The molecule has 0 fully saturated rings. The predicted molar refractivity (Wildman–Crippen MR) is 50.0 cm³/mol. The molecule has 3 N–H and O–H groups in total. The van der Waals surface area contributed by atoms with Crippen LogP contribution in [0.5, 0.6) is 0 Å². The topological polar surface area (TPSA) is 77.8 Å². The van der Waals surface area contributed by atoms with Gasteiger partial charge in [-0.2, -0.15) is 0 Å². The van der Waals surface area contributed by atoms with Crippen molar-refractivity contribution in [1.82, 2.24) is 0 Å². The minimum absolute atomic E-state index is 0. The van der Waals surface area contributed by atoms with Crippen LogP contribution in [0, 0.1) is 0 Å². The van der Waals surface area contributed by atoms with Crippen molar-refractivity contribution in [2.75, 3.05) is 0 Å². The number of rotatable bonds is 0. The molecule has 0 saturated carbocycles. The first-order valence-electron chi connectivity index (χ1n) is 0.783. The Morgan fingerprint density at radius 1 is 0.800 bits per heavy atom. The van der Waals surface area contributed by atoms with Gasteiger partial charge in [0.25, 0.3) is 0 Å². The van der Waals surface area contributed by atoms with Crippen molar-refractivity contribution >= 4 is 199 Å². The first-order valence-corrected chi connectivity index (χ1v) is 2.35. The van der Waals surface area contributed by atoms with Crippen LogP contribution in [0.2, 0.25) is 0 Å².